The lowest BCUT2D eigenvalue weighted by molar-refractivity contribution is 0.0479. The first kappa shape index (κ1) is 24.8. The van der Waals surface area contributed by atoms with Crippen molar-refractivity contribution >= 4 is 33.1 Å². The van der Waals surface area contributed by atoms with Crippen LogP contribution >= 0.6 is 11.3 Å². The number of Topliss-reactive ketones (excluding diaryl/α,β-unsaturated/α-hetero) is 1. The van der Waals surface area contributed by atoms with Gasteiger partial charge in [0.2, 0.25) is 15.8 Å². The molecule has 33 heavy (non-hydrogen) atoms. The molecule has 0 saturated heterocycles. The van der Waals surface area contributed by atoms with E-state index < -0.39 is 16.0 Å². The first-order valence-electron chi connectivity index (χ1n) is 10.2. The topological polar surface area (TPSA) is 94.5 Å². The molecule has 176 valence electrons. The Hall–Kier alpha value is -2.82. The number of ketones is 1. The number of hydrogen-bond donors (Lipinski definition) is 1. The third kappa shape index (κ3) is 6.83. The summed E-state index contributed by atoms with van der Waals surface area (Å²) in [4.78, 5) is 26.2. The van der Waals surface area contributed by atoms with Crippen LogP contribution in [0.5, 0.6) is 0 Å². The van der Waals surface area contributed by atoms with Crippen molar-refractivity contribution in [1.82, 2.24) is 9.29 Å². The molecule has 2 aromatic heterocycles. The molecule has 0 radical (unpaired) electrons. The number of nitrogens with one attached hydrogen (secondary N) is 1. The average Bonchev–Trinajstić information content (AvgIpc) is 3.32. The highest BCUT2D eigenvalue weighted by Crippen LogP contribution is 2.20. The third-order valence-corrected chi connectivity index (χ3v) is 6.91. The van der Waals surface area contributed by atoms with Gasteiger partial charge in [0.1, 0.15) is 10.7 Å². The second kappa shape index (κ2) is 10.4. The van der Waals surface area contributed by atoms with Gasteiger partial charge in [0.15, 0.2) is 6.61 Å². The minimum absolute atomic E-state index is 0.236. The molecule has 0 amide bonds. The van der Waals surface area contributed by atoms with Crippen molar-refractivity contribution in [2.24, 2.45) is 0 Å². The average molecular weight is 493 g/mol. The number of benzene rings is 1. The summed E-state index contributed by atoms with van der Waals surface area (Å²) in [7, 11) is -3.26. The summed E-state index contributed by atoms with van der Waals surface area (Å²) in [6.07, 6.45) is 1.53. The SMILES string of the molecule is Cc1cc(C(=O)COC(=O)c2ccc(CCNS(C)(=O)=O)s2)c(C)n1Cc1ccc(F)cc1. The van der Waals surface area contributed by atoms with Gasteiger partial charge in [-0.1, -0.05) is 12.1 Å². The highest BCUT2D eigenvalue weighted by Gasteiger charge is 2.19. The molecule has 1 N–H and O–H groups in total. The van der Waals surface area contributed by atoms with Gasteiger partial charge in [0, 0.05) is 34.9 Å². The molecule has 3 rings (SSSR count). The van der Waals surface area contributed by atoms with E-state index >= 15 is 0 Å². The van der Waals surface area contributed by atoms with Gasteiger partial charge in [-0.05, 0) is 56.2 Å². The normalized spacial score (nSPS) is 11.5. The van der Waals surface area contributed by atoms with E-state index in [1.165, 1.54) is 23.5 Å². The number of esters is 1. The van der Waals surface area contributed by atoms with Gasteiger partial charge < -0.3 is 9.30 Å². The molecule has 2 heterocycles. The fourth-order valence-electron chi connectivity index (χ4n) is 3.36. The molecule has 0 spiro atoms. The number of carbonyl (C=O) groups is 2. The zero-order chi connectivity index (χ0) is 24.2. The summed E-state index contributed by atoms with van der Waals surface area (Å²) < 4.78 is 45.0. The summed E-state index contributed by atoms with van der Waals surface area (Å²) in [5, 5.41) is 0. The number of sulfonamides is 1. The molecule has 3 aromatic rings. The van der Waals surface area contributed by atoms with Gasteiger partial charge in [-0.2, -0.15) is 0 Å². The molecule has 7 nitrogen and oxygen atoms in total. The van der Waals surface area contributed by atoms with E-state index in [2.05, 4.69) is 4.72 Å². The summed E-state index contributed by atoms with van der Waals surface area (Å²) >= 11 is 1.20. The second-order valence-corrected chi connectivity index (χ2v) is 10.7. The second-order valence-electron chi connectivity index (χ2n) is 7.68. The standard InChI is InChI=1S/C23H25FN2O5S2/c1-15-12-20(16(2)26(15)13-17-4-6-18(24)7-5-17)21(27)14-31-23(28)22-9-8-19(32-22)10-11-25-33(3,29)30/h4-9,12,25H,10-11,13-14H2,1-3H3. The Kier molecular flexibility index (Phi) is 7.83. The van der Waals surface area contributed by atoms with Crippen LogP contribution in [-0.2, 0) is 27.7 Å². The van der Waals surface area contributed by atoms with Crippen LogP contribution in [0.3, 0.4) is 0 Å². The van der Waals surface area contributed by atoms with Crippen molar-refractivity contribution in [3.8, 4) is 0 Å². The maximum atomic E-state index is 13.1. The third-order valence-electron chi connectivity index (χ3n) is 5.06. The lowest BCUT2D eigenvalue weighted by Crippen LogP contribution is -2.24. The van der Waals surface area contributed by atoms with Gasteiger partial charge >= 0.3 is 5.97 Å². The van der Waals surface area contributed by atoms with Crippen LogP contribution in [0.25, 0.3) is 0 Å². The predicted molar refractivity (Wildman–Crippen MR) is 125 cm³/mol. The summed E-state index contributed by atoms with van der Waals surface area (Å²) in [5.41, 5.74) is 3.00. The van der Waals surface area contributed by atoms with Crippen LogP contribution in [-0.4, -0.2) is 44.1 Å². The Bertz CT molecular complexity index is 1260. The smallest absolute Gasteiger partial charge is 0.348 e. The molecular formula is C23H25FN2O5S2. The van der Waals surface area contributed by atoms with Gasteiger partial charge in [-0.25, -0.2) is 22.3 Å². The van der Waals surface area contributed by atoms with Crippen LogP contribution in [0.15, 0.2) is 42.5 Å². The van der Waals surface area contributed by atoms with E-state index in [0.717, 1.165) is 28.1 Å². The molecule has 0 aliphatic rings. The first-order chi connectivity index (χ1) is 15.5. The van der Waals surface area contributed by atoms with Crippen molar-refractivity contribution in [2.75, 3.05) is 19.4 Å². The zero-order valence-electron chi connectivity index (χ0n) is 18.6. The highest BCUT2D eigenvalue weighted by atomic mass is 32.2. The minimum Gasteiger partial charge on any atom is -0.453 e. The van der Waals surface area contributed by atoms with Crippen molar-refractivity contribution < 1.29 is 27.1 Å². The van der Waals surface area contributed by atoms with Crippen LogP contribution in [0.2, 0.25) is 0 Å². The van der Waals surface area contributed by atoms with Gasteiger partial charge in [0.05, 0.1) is 6.26 Å². The van der Waals surface area contributed by atoms with E-state index in [-0.39, 0.29) is 24.8 Å². The number of thiophene rings is 1. The molecule has 0 saturated carbocycles. The largest absolute Gasteiger partial charge is 0.453 e. The Balaban J connectivity index is 1.58. The number of halogens is 1. The molecule has 0 atom stereocenters. The fourth-order valence-corrected chi connectivity index (χ4v) is 4.73. The lowest BCUT2D eigenvalue weighted by Gasteiger charge is -2.10. The van der Waals surface area contributed by atoms with Gasteiger partial charge in [0.25, 0.3) is 0 Å². The molecule has 10 heteroatoms. The number of hydrogen-bond acceptors (Lipinski definition) is 6. The fraction of sp³-hybridized carbons (Fsp3) is 0.304. The number of aromatic nitrogens is 1. The van der Waals surface area contributed by atoms with Gasteiger partial charge in [-0.15, -0.1) is 11.3 Å². The van der Waals surface area contributed by atoms with E-state index in [1.54, 1.807) is 30.3 Å². The van der Waals surface area contributed by atoms with E-state index in [9.17, 15) is 22.4 Å². The Morgan fingerprint density at radius 1 is 1.12 bits per heavy atom. The maximum absolute atomic E-state index is 13.1. The van der Waals surface area contributed by atoms with Crippen LogP contribution in [0.4, 0.5) is 4.39 Å². The molecule has 1 aromatic carbocycles. The number of aryl methyl sites for hydroxylation is 1. The first-order valence-corrected chi connectivity index (χ1v) is 12.9. The Morgan fingerprint density at radius 2 is 1.82 bits per heavy atom. The van der Waals surface area contributed by atoms with Crippen LogP contribution in [0.1, 0.15) is 41.9 Å². The van der Waals surface area contributed by atoms with Gasteiger partial charge in [-0.3, -0.25) is 4.79 Å². The van der Waals surface area contributed by atoms with Crippen molar-refractivity contribution in [3.05, 3.63) is 80.6 Å². The number of rotatable bonds is 10. The number of ether oxygens (including phenoxy) is 1. The van der Waals surface area contributed by atoms with Crippen molar-refractivity contribution in [3.63, 3.8) is 0 Å². The predicted octanol–water partition coefficient (Wildman–Crippen LogP) is 3.49. The molecule has 0 bridgehead atoms. The van der Waals surface area contributed by atoms with E-state index in [1.807, 2.05) is 18.4 Å². The number of nitrogens with zero attached hydrogens (tertiary/aromatic N) is 1. The quantitative estimate of drug-likeness (QED) is 0.345. The summed E-state index contributed by atoms with van der Waals surface area (Å²) in [6, 6.07) is 11.3. The molecule has 0 unspecified atom stereocenters. The van der Waals surface area contributed by atoms with E-state index in [0.29, 0.717) is 23.4 Å². The van der Waals surface area contributed by atoms with Crippen molar-refractivity contribution in [1.29, 1.82) is 0 Å². The summed E-state index contributed by atoms with van der Waals surface area (Å²) in [6.45, 7) is 4.05. The minimum atomic E-state index is -3.26. The Labute approximate surface area is 196 Å². The van der Waals surface area contributed by atoms with Crippen LogP contribution in [0, 0.1) is 19.7 Å². The molecule has 0 aliphatic heterocycles. The molecular weight excluding hydrogens is 467 g/mol. The van der Waals surface area contributed by atoms with Crippen LogP contribution < -0.4 is 4.72 Å². The van der Waals surface area contributed by atoms with E-state index in [4.69, 9.17) is 4.74 Å². The monoisotopic (exact) mass is 492 g/mol. The Morgan fingerprint density at radius 3 is 2.48 bits per heavy atom. The lowest BCUT2D eigenvalue weighted by atomic mass is 10.1. The zero-order valence-corrected chi connectivity index (χ0v) is 20.2. The highest BCUT2D eigenvalue weighted by molar-refractivity contribution is 7.88. The maximum Gasteiger partial charge on any atom is 0.348 e. The summed E-state index contributed by atoms with van der Waals surface area (Å²) in [5.74, 6) is -1.22. The number of carbonyl (C=O) groups excluding carboxylic acids is 2. The molecule has 0 fully saturated rings. The van der Waals surface area contributed by atoms with Crippen molar-refractivity contribution in [2.45, 2.75) is 26.8 Å². The molecule has 0 aliphatic carbocycles.